The maximum atomic E-state index is 13.2. The summed E-state index contributed by atoms with van der Waals surface area (Å²) in [5.41, 5.74) is 0.364. The van der Waals surface area contributed by atoms with Crippen LogP contribution in [0.3, 0.4) is 0 Å². The van der Waals surface area contributed by atoms with E-state index in [1.54, 1.807) is 0 Å². The largest absolute Gasteiger partial charge is 0.507 e. The van der Waals surface area contributed by atoms with E-state index in [1.807, 2.05) is 0 Å². The van der Waals surface area contributed by atoms with Gasteiger partial charge in [-0.2, -0.15) is 0 Å². The first-order valence-corrected chi connectivity index (χ1v) is 8.41. The van der Waals surface area contributed by atoms with E-state index in [0.29, 0.717) is 5.56 Å². The van der Waals surface area contributed by atoms with Crippen LogP contribution >= 0.6 is 0 Å². The SMILES string of the molecule is COc1cc([C@@H]2C(=C(O)c3ccc(F)cc3)C(=O)C(=O)N2CCO)ccc1O. The van der Waals surface area contributed by atoms with Crippen molar-refractivity contribution >= 4 is 17.4 Å². The van der Waals surface area contributed by atoms with Gasteiger partial charge in [-0.1, -0.05) is 6.07 Å². The number of phenolic OH excluding ortho intramolecular Hbond substituents is 1. The maximum absolute atomic E-state index is 13.2. The van der Waals surface area contributed by atoms with E-state index in [-0.39, 0.29) is 29.2 Å². The lowest BCUT2D eigenvalue weighted by Gasteiger charge is -2.25. The van der Waals surface area contributed by atoms with E-state index < -0.39 is 35.9 Å². The number of β-amino-alcohol motifs (C(OH)–C–C–N with tert-alkyl or cyclic N) is 1. The zero-order valence-corrected chi connectivity index (χ0v) is 14.9. The number of hydrogen-bond donors (Lipinski definition) is 3. The number of nitrogens with zero attached hydrogens (tertiary/aromatic N) is 1. The molecule has 1 fully saturated rings. The van der Waals surface area contributed by atoms with E-state index in [1.165, 1.54) is 37.4 Å². The van der Waals surface area contributed by atoms with E-state index in [4.69, 9.17) is 4.74 Å². The van der Waals surface area contributed by atoms with Crippen LogP contribution in [-0.2, 0) is 9.59 Å². The Morgan fingerprint density at radius 2 is 1.86 bits per heavy atom. The monoisotopic (exact) mass is 387 g/mol. The normalized spacial score (nSPS) is 18.5. The number of amides is 1. The van der Waals surface area contributed by atoms with Crippen molar-refractivity contribution in [2.24, 2.45) is 0 Å². The third-order valence-corrected chi connectivity index (χ3v) is 4.52. The van der Waals surface area contributed by atoms with Crippen molar-refractivity contribution in [1.29, 1.82) is 0 Å². The molecule has 1 heterocycles. The molecule has 146 valence electrons. The third kappa shape index (κ3) is 3.29. The number of phenols is 1. The molecule has 0 bridgehead atoms. The molecular formula is C20H18FNO6. The molecule has 28 heavy (non-hydrogen) atoms. The van der Waals surface area contributed by atoms with E-state index in [0.717, 1.165) is 17.0 Å². The summed E-state index contributed by atoms with van der Waals surface area (Å²) in [6.07, 6.45) is 0. The number of aliphatic hydroxyl groups is 2. The third-order valence-electron chi connectivity index (χ3n) is 4.52. The zero-order valence-electron chi connectivity index (χ0n) is 14.9. The number of aliphatic hydroxyl groups excluding tert-OH is 2. The summed E-state index contributed by atoms with van der Waals surface area (Å²) in [5, 5.41) is 29.9. The van der Waals surface area contributed by atoms with Crippen molar-refractivity contribution in [3.05, 3.63) is 65.0 Å². The van der Waals surface area contributed by atoms with E-state index >= 15 is 0 Å². The summed E-state index contributed by atoms with van der Waals surface area (Å²) in [5.74, 6) is -2.80. The van der Waals surface area contributed by atoms with Crippen LogP contribution in [0.25, 0.3) is 5.76 Å². The number of rotatable bonds is 5. The average Bonchev–Trinajstić information content (AvgIpc) is 2.94. The van der Waals surface area contributed by atoms with Gasteiger partial charge in [-0.15, -0.1) is 0 Å². The fourth-order valence-electron chi connectivity index (χ4n) is 3.19. The van der Waals surface area contributed by atoms with Crippen LogP contribution in [0.5, 0.6) is 11.5 Å². The number of ether oxygens (including phenoxy) is 1. The highest BCUT2D eigenvalue weighted by molar-refractivity contribution is 6.46. The molecule has 0 unspecified atom stereocenters. The highest BCUT2D eigenvalue weighted by Gasteiger charge is 2.46. The number of carbonyl (C=O) groups is 2. The zero-order chi connectivity index (χ0) is 20.4. The van der Waals surface area contributed by atoms with Gasteiger partial charge in [-0.3, -0.25) is 9.59 Å². The Hall–Kier alpha value is -3.39. The number of Topliss-reactive ketones (excluding diaryl/α,β-unsaturated/α-hetero) is 1. The second-order valence-corrected chi connectivity index (χ2v) is 6.15. The molecule has 3 rings (SSSR count). The first-order chi connectivity index (χ1) is 13.4. The highest BCUT2D eigenvalue weighted by Crippen LogP contribution is 2.41. The molecule has 3 N–H and O–H groups in total. The van der Waals surface area contributed by atoms with Gasteiger partial charge in [0.25, 0.3) is 11.7 Å². The standard InChI is InChI=1S/C20H18FNO6/c1-28-15-10-12(4-7-14(15)24)17-16(19(26)20(27)22(17)8-9-23)18(25)11-2-5-13(21)6-3-11/h2-7,10,17,23-25H,8-9H2,1H3/t17-/m1/s1. The van der Waals surface area contributed by atoms with Gasteiger partial charge in [0, 0.05) is 12.1 Å². The molecule has 0 spiro atoms. The lowest BCUT2D eigenvalue weighted by atomic mass is 9.95. The van der Waals surface area contributed by atoms with E-state index in [9.17, 15) is 29.3 Å². The summed E-state index contributed by atoms with van der Waals surface area (Å²) in [7, 11) is 1.35. The molecule has 2 aromatic rings. The van der Waals surface area contributed by atoms with Crippen LogP contribution in [-0.4, -0.2) is 52.2 Å². The number of halogens is 1. The Kier molecular flexibility index (Phi) is 5.32. The molecule has 0 radical (unpaired) electrons. The molecular weight excluding hydrogens is 369 g/mol. The second-order valence-electron chi connectivity index (χ2n) is 6.15. The number of methoxy groups -OCH3 is 1. The Morgan fingerprint density at radius 3 is 2.46 bits per heavy atom. The molecule has 1 aliphatic heterocycles. The van der Waals surface area contributed by atoms with Gasteiger partial charge in [0.15, 0.2) is 11.5 Å². The number of ketones is 1. The quantitative estimate of drug-likeness (QED) is 0.411. The Labute approximate surface area is 159 Å². The number of likely N-dealkylation sites (tertiary alicyclic amines) is 1. The number of benzene rings is 2. The van der Waals surface area contributed by atoms with Crippen LogP contribution in [0, 0.1) is 5.82 Å². The van der Waals surface area contributed by atoms with Gasteiger partial charge >= 0.3 is 0 Å². The van der Waals surface area contributed by atoms with Crippen molar-refractivity contribution in [1.82, 2.24) is 4.90 Å². The first kappa shape index (κ1) is 19.4. The van der Waals surface area contributed by atoms with Gasteiger partial charge in [0.2, 0.25) is 0 Å². The van der Waals surface area contributed by atoms with Gasteiger partial charge in [0.05, 0.1) is 25.3 Å². The van der Waals surface area contributed by atoms with Crippen molar-refractivity contribution in [3.8, 4) is 11.5 Å². The molecule has 1 saturated heterocycles. The Morgan fingerprint density at radius 1 is 1.18 bits per heavy atom. The van der Waals surface area contributed by atoms with Gasteiger partial charge < -0.3 is 25.0 Å². The van der Waals surface area contributed by atoms with Crippen LogP contribution in [0.4, 0.5) is 4.39 Å². The summed E-state index contributed by atoms with van der Waals surface area (Å²) in [6.45, 7) is -0.534. The number of hydrogen-bond acceptors (Lipinski definition) is 6. The topological polar surface area (TPSA) is 107 Å². The molecule has 1 atom stereocenters. The fraction of sp³-hybridized carbons (Fsp3) is 0.200. The van der Waals surface area contributed by atoms with Gasteiger partial charge in [-0.05, 0) is 42.0 Å². The average molecular weight is 387 g/mol. The highest BCUT2D eigenvalue weighted by atomic mass is 19.1. The molecule has 1 amide bonds. The molecule has 0 aliphatic carbocycles. The minimum atomic E-state index is -1.01. The van der Waals surface area contributed by atoms with Crippen LogP contribution in [0.2, 0.25) is 0 Å². The van der Waals surface area contributed by atoms with Crippen LogP contribution in [0.1, 0.15) is 17.2 Å². The lowest BCUT2D eigenvalue weighted by molar-refractivity contribution is -0.140. The van der Waals surface area contributed by atoms with Crippen LogP contribution in [0.15, 0.2) is 48.0 Å². The summed E-state index contributed by atoms with van der Waals surface area (Å²) >= 11 is 0. The number of carbonyl (C=O) groups excluding carboxylic acids is 2. The molecule has 8 heteroatoms. The summed E-state index contributed by atoms with van der Waals surface area (Å²) in [4.78, 5) is 26.2. The molecule has 7 nitrogen and oxygen atoms in total. The molecule has 0 aromatic heterocycles. The number of aromatic hydroxyl groups is 1. The molecule has 0 saturated carbocycles. The second kappa shape index (κ2) is 7.69. The fourth-order valence-corrected chi connectivity index (χ4v) is 3.19. The van der Waals surface area contributed by atoms with Crippen LogP contribution < -0.4 is 4.74 Å². The Balaban J connectivity index is 2.20. The first-order valence-electron chi connectivity index (χ1n) is 8.41. The predicted octanol–water partition coefficient (Wildman–Crippen LogP) is 1.95. The smallest absolute Gasteiger partial charge is 0.295 e. The molecule has 1 aliphatic rings. The maximum Gasteiger partial charge on any atom is 0.295 e. The van der Waals surface area contributed by atoms with Gasteiger partial charge in [-0.25, -0.2) is 4.39 Å². The summed E-state index contributed by atoms with van der Waals surface area (Å²) in [6, 6.07) is 8.08. The Bertz CT molecular complexity index is 954. The molecule has 2 aromatic carbocycles. The van der Waals surface area contributed by atoms with Crippen molar-refractivity contribution < 1.29 is 34.0 Å². The minimum absolute atomic E-state index is 0.119. The van der Waals surface area contributed by atoms with Crippen molar-refractivity contribution in [2.45, 2.75) is 6.04 Å². The van der Waals surface area contributed by atoms with Gasteiger partial charge in [0.1, 0.15) is 11.6 Å². The predicted molar refractivity (Wildman–Crippen MR) is 97.2 cm³/mol. The minimum Gasteiger partial charge on any atom is -0.507 e. The van der Waals surface area contributed by atoms with Crippen molar-refractivity contribution in [3.63, 3.8) is 0 Å². The van der Waals surface area contributed by atoms with E-state index in [2.05, 4.69) is 0 Å². The lowest BCUT2D eigenvalue weighted by Crippen LogP contribution is -2.32. The van der Waals surface area contributed by atoms with Crippen molar-refractivity contribution in [2.75, 3.05) is 20.3 Å². The summed E-state index contributed by atoms with van der Waals surface area (Å²) < 4.78 is 18.3.